The van der Waals surface area contributed by atoms with Crippen molar-refractivity contribution in [1.82, 2.24) is 10.3 Å². The molecule has 0 saturated carbocycles. The molecule has 1 aliphatic rings. The molecule has 204 valence electrons. The number of aryl methyl sites for hydroxylation is 1. The number of esters is 1. The summed E-state index contributed by atoms with van der Waals surface area (Å²) in [4.78, 5) is 31.5. The molecule has 6 nitrogen and oxygen atoms in total. The van der Waals surface area contributed by atoms with Crippen LogP contribution in [0.15, 0.2) is 91.5 Å². The van der Waals surface area contributed by atoms with E-state index in [2.05, 4.69) is 41.1 Å². The number of nitrogens with zero attached hydrogens (tertiary/aromatic N) is 1. The van der Waals surface area contributed by atoms with Gasteiger partial charge in [-0.05, 0) is 61.1 Å². The molecule has 1 atom stereocenters. The zero-order valence-corrected chi connectivity index (χ0v) is 23.7. The first-order valence-corrected chi connectivity index (χ1v) is 14.1. The lowest BCUT2D eigenvalue weighted by Crippen LogP contribution is -2.33. The Morgan fingerprint density at radius 3 is 2.23 bits per heavy atom. The first kappa shape index (κ1) is 27.3. The summed E-state index contributed by atoms with van der Waals surface area (Å²) in [6.45, 7) is 9.31. The molecule has 0 spiro atoms. The van der Waals surface area contributed by atoms with Gasteiger partial charge in [0.1, 0.15) is 17.1 Å². The summed E-state index contributed by atoms with van der Waals surface area (Å²) in [5, 5.41) is 3.69. The van der Waals surface area contributed by atoms with Crippen molar-refractivity contribution in [3.63, 3.8) is 0 Å². The Morgan fingerprint density at radius 1 is 1.00 bits per heavy atom. The highest BCUT2D eigenvalue weighted by Gasteiger charge is 2.32. The number of hydrogen-bond donors (Lipinski definition) is 1. The number of carbonyl (C=O) groups is 2. The fourth-order valence-corrected chi connectivity index (χ4v) is 5.86. The zero-order valence-electron chi connectivity index (χ0n) is 22.8. The number of ether oxygens (including phenoxy) is 2. The molecule has 0 bridgehead atoms. The number of benzene rings is 3. The van der Waals surface area contributed by atoms with Gasteiger partial charge in [-0.1, -0.05) is 85.4 Å². The highest BCUT2D eigenvalue weighted by Crippen LogP contribution is 2.44. The SMILES string of the molecule is C=CC(C)(C)OC(=O)c1sc(C)nc1[C@H](Cc1ccccc1)NC(=O)OCC1c2ccccc2-c2ccccc21. The lowest BCUT2D eigenvalue weighted by molar-refractivity contribution is 0.0178. The van der Waals surface area contributed by atoms with Crippen molar-refractivity contribution in [2.75, 3.05) is 6.61 Å². The molecule has 7 heteroatoms. The standard InChI is InChI=1S/C33H32N2O4S/c1-5-33(3,4)39-31(36)30-29(34-21(2)40-30)28(19-22-13-7-6-8-14-22)35-32(37)38-20-27-25-17-11-9-15-23(25)24-16-10-12-18-26(24)27/h5-18,27-28H,1,19-20H2,2-4H3,(H,35,37)/t28-/m0/s1. The number of hydrogen-bond acceptors (Lipinski definition) is 6. The van der Waals surface area contributed by atoms with Crippen molar-refractivity contribution in [3.05, 3.63) is 124 Å². The number of rotatable bonds is 9. The van der Waals surface area contributed by atoms with Gasteiger partial charge in [-0.25, -0.2) is 14.6 Å². The zero-order chi connectivity index (χ0) is 28.3. The maximum absolute atomic E-state index is 13.3. The van der Waals surface area contributed by atoms with Crippen LogP contribution in [0.4, 0.5) is 4.79 Å². The fraction of sp³-hybridized carbons (Fsp3) is 0.242. The van der Waals surface area contributed by atoms with E-state index in [0.29, 0.717) is 22.0 Å². The molecule has 0 aliphatic heterocycles. The van der Waals surface area contributed by atoms with Gasteiger partial charge in [0.15, 0.2) is 0 Å². The molecular weight excluding hydrogens is 520 g/mol. The minimum atomic E-state index is -0.846. The van der Waals surface area contributed by atoms with Crippen molar-refractivity contribution >= 4 is 23.4 Å². The first-order chi connectivity index (χ1) is 19.3. The Labute approximate surface area is 238 Å². The second kappa shape index (κ2) is 11.5. The minimum Gasteiger partial charge on any atom is -0.451 e. The molecule has 3 aromatic carbocycles. The lowest BCUT2D eigenvalue weighted by Gasteiger charge is -2.22. The molecule has 0 fully saturated rings. The summed E-state index contributed by atoms with van der Waals surface area (Å²) in [6.07, 6.45) is 1.44. The van der Waals surface area contributed by atoms with Crippen molar-refractivity contribution < 1.29 is 19.1 Å². The number of amides is 1. The topological polar surface area (TPSA) is 77.5 Å². The molecule has 0 saturated heterocycles. The number of aromatic nitrogens is 1. The highest BCUT2D eigenvalue weighted by atomic mass is 32.1. The third-order valence-corrected chi connectivity index (χ3v) is 8.01. The van der Waals surface area contributed by atoms with Crippen molar-refractivity contribution in [1.29, 1.82) is 0 Å². The second-order valence-electron chi connectivity index (χ2n) is 10.4. The predicted molar refractivity (Wildman–Crippen MR) is 158 cm³/mol. The highest BCUT2D eigenvalue weighted by molar-refractivity contribution is 7.13. The second-order valence-corrected chi connectivity index (χ2v) is 11.6. The third kappa shape index (κ3) is 5.84. The number of thiazole rings is 1. The smallest absolute Gasteiger partial charge is 0.407 e. The molecule has 1 amide bonds. The van der Waals surface area contributed by atoms with Gasteiger partial charge in [0.05, 0.1) is 16.7 Å². The summed E-state index contributed by atoms with van der Waals surface area (Å²) >= 11 is 1.25. The van der Waals surface area contributed by atoms with Gasteiger partial charge in [-0.15, -0.1) is 11.3 Å². The Kier molecular flexibility index (Phi) is 7.85. The summed E-state index contributed by atoms with van der Waals surface area (Å²) in [7, 11) is 0. The van der Waals surface area contributed by atoms with Crippen LogP contribution in [-0.4, -0.2) is 29.3 Å². The van der Waals surface area contributed by atoms with Crippen LogP contribution in [-0.2, 0) is 15.9 Å². The van der Waals surface area contributed by atoms with Gasteiger partial charge in [0.2, 0.25) is 0 Å². The summed E-state index contributed by atoms with van der Waals surface area (Å²) in [5.74, 6) is -0.559. The van der Waals surface area contributed by atoms with Crippen molar-refractivity contribution in [2.45, 2.75) is 44.8 Å². The number of alkyl carbamates (subject to hydrolysis) is 1. The molecule has 40 heavy (non-hydrogen) atoms. The molecule has 1 aromatic heterocycles. The summed E-state index contributed by atoms with van der Waals surface area (Å²) in [6, 6.07) is 25.6. The quantitative estimate of drug-likeness (QED) is 0.173. The predicted octanol–water partition coefficient (Wildman–Crippen LogP) is 7.40. The van der Waals surface area contributed by atoms with Crippen LogP contribution in [0, 0.1) is 6.92 Å². The molecule has 1 N–H and O–H groups in total. The van der Waals surface area contributed by atoms with E-state index in [9.17, 15) is 9.59 Å². The Morgan fingerprint density at radius 2 is 1.60 bits per heavy atom. The van der Waals surface area contributed by atoms with Gasteiger partial charge in [0, 0.05) is 5.92 Å². The van der Waals surface area contributed by atoms with Gasteiger partial charge in [-0.3, -0.25) is 0 Å². The van der Waals surface area contributed by atoms with E-state index in [1.54, 1.807) is 19.9 Å². The van der Waals surface area contributed by atoms with E-state index in [4.69, 9.17) is 9.47 Å². The van der Waals surface area contributed by atoms with Crippen molar-refractivity contribution in [2.24, 2.45) is 0 Å². The van der Waals surface area contributed by atoms with E-state index >= 15 is 0 Å². The number of nitrogens with one attached hydrogen (secondary N) is 1. The normalized spacial score (nSPS) is 13.2. The maximum Gasteiger partial charge on any atom is 0.407 e. The molecule has 0 radical (unpaired) electrons. The van der Waals surface area contributed by atoms with Crippen LogP contribution < -0.4 is 5.32 Å². The number of carbonyl (C=O) groups excluding carboxylic acids is 2. The largest absolute Gasteiger partial charge is 0.451 e. The van der Waals surface area contributed by atoms with E-state index in [-0.39, 0.29) is 12.5 Å². The average Bonchev–Trinajstić information content (AvgIpc) is 3.50. The lowest BCUT2D eigenvalue weighted by atomic mass is 9.98. The Hall–Kier alpha value is -4.23. The Bertz CT molecular complexity index is 1500. The van der Waals surface area contributed by atoms with E-state index < -0.39 is 23.7 Å². The molecule has 4 aromatic rings. The molecule has 1 heterocycles. The Balaban J connectivity index is 1.38. The summed E-state index contributed by atoms with van der Waals surface area (Å²) in [5.41, 5.74) is 5.22. The van der Waals surface area contributed by atoms with Crippen LogP contribution in [0.3, 0.4) is 0 Å². The van der Waals surface area contributed by atoms with Crippen LogP contribution in [0.2, 0.25) is 0 Å². The van der Waals surface area contributed by atoms with Crippen LogP contribution in [0.25, 0.3) is 11.1 Å². The number of fused-ring (bicyclic) bond motifs is 3. The van der Waals surface area contributed by atoms with Gasteiger partial charge in [0.25, 0.3) is 0 Å². The minimum absolute atomic E-state index is 0.0566. The van der Waals surface area contributed by atoms with Gasteiger partial charge < -0.3 is 14.8 Å². The van der Waals surface area contributed by atoms with E-state index in [1.807, 2.05) is 61.5 Å². The molecule has 1 aliphatic carbocycles. The third-order valence-electron chi connectivity index (χ3n) is 7.04. The van der Waals surface area contributed by atoms with Gasteiger partial charge >= 0.3 is 12.1 Å². The van der Waals surface area contributed by atoms with Crippen LogP contribution >= 0.6 is 11.3 Å². The molecule has 0 unspecified atom stereocenters. The molecule has 5 rings (SSSR count). The first-order valence-electron chi connectivity index (χ1n) is 13.3. The van der Waals surface area contributed by atoms with Crippen molar-refractivity contribution in [3.8, 4) is 11.1 Å². The van der Waals surface area contributed by atoms with Gasteiger partial charge in [-0.2, -0.15) is 0 Å². The fourth-order valence-electron chi connectivity index (χ4n) is 5.00. The summed E-state index contributed by atoms with van der Waals surface area (Å²) < 4.78 is 11.5. The van der Waals surface area contributed by atoms with Crippen LogP contribution in [0.1, 0.15) is 62.9 Å². The monoisotopic (exact) mass is 552 g/mol. The maximum atomic E-state index is 13.3. The average molecular weight is 553 g/mol. The van der Waals surface area contributed by atoms with Crippen LogP contribution in [0.5, 0.6) is 0 Å². The van der Waals surface area contributed by atoms with E-state index in [0.717, 1.165) is 27.8 Å². The van der Waals surface area contributed by atoms with E-state index in [1.165, 1.54) is 11.3 Å². The molecular formula is C33H32N2O4S.